The molecule has 0 saturated carbocycles. The molecule has 58 valence electrons. The van der Waals surface area contributed by atoms with Crippen LogP contribution in [-0.4, -0.2) is 5.91 Å². The second-order valence-electron chi connectivity index (χ2n) is 1.93. The van der Waals surface area contributed by atoms with Crippen LogP contribution in [0.4, 0.5) is 4.39 Å². The first-order valence-corrected chi connectivity index (χ1v) is 3.28. The highest BCUT2D eigenvalue weighted by Crippen LogP contribution is 2.02. The molecule has 0 saturated heterocycles. The predicted molar refractivity (Wildman–Crippen MR) is 39.7 cm³/mol. The number of hydrogen-bond donors (Lipinski definition) is 1. The van der Waals surface area contributed by atoms with Crippen LogP contribution in [0.1, 0.15) is 10.4 Å². The SMILES string of the molecule is O=C(NCl)c1cccc(F)c1. The molecule has 0 unspecified atom stereocenters. The Kier molecular flexibility index (Phi) is 2.44. The van der Waals surface area contributed by atoms with Gasteiger partial charge in [0.2, 0.25) is 0 Å². The zero-order valence-electron chi connectivity index (χ0n) is 5.47. The molecule has 1 rings (SSSR count). The Hall–Kier alpha value is -1.09. The molecule has 0 aliphatic heterocycles. The fraction of sp³-hybridized carbons (Fsp3) is 0. The second-order valence-corrected chi connectivity index (χ2v) is 2.12. The van der Waals surface area contributed by atoms with Crippen molar-refractivity contribution in [1.82, 2.24) is 4.84 Å². The minimum atomic E-state index is -0.508. The van der Waals surface area contributed by atoms with Crippen LogP contribution >= 0.6 is 11.8 Å². The van der Waals surface area contributed by atoms with Gasteiger partial charge in [-0.05, 0) is 18.2 Å². The smallest absolute Gasteiger partial charge is 0.265 e. The minimum absolute atomic E-state index is 0.208. The van der Waals surface area contributed by atoms with Crippen molar-refractivity contribution < 1.29 is 9.18 Å². The number of rotatable bonds is 1. The van der Waals surface area contributed by atoms with Gasteiger partial charge < -0.3 is 0 Å². The van der Waals surface area contributed by atoms with E-state index in [0.717, 1.165) is 6.07 Å². The molecule has 0 aliphatic carbocycles. The number of halogens is 2. The average molecular weight is 174 g/mol. The maximum atomic E-state index is 12.4. The molecule has 0 heterocycles. The Morgan fingerprint density at radius 3 is 2.82 bits per heavy atom. The topological polar surface area (TPSA) is 29.1 Å². The van der Waals surface area contributed by atoms with E-state index < -0.39 is 11.7 Å². The molecule has 2 nitrogen and oxygen atoms in total. The fourth-order valence-corrected chi connectivity index (χ4v) is 0.793. The van der Waals surface area contributed by atoms with Crippen LogP contribution in [0.15, 0.2) is 24.3 Å². The van der Waals surface area contributed by atoms with Crippen molar-refractivity contribution in [3.63, 3.8) is 0 Å². The van der Waals surface area contributed by atoms with E-state index in [4.69, 9.17) is 11.8 Å². The van der Waals surface area contributed by atoms with Gasteiger partial charge in [-0.2, -0.15) is 0 Å². The van der Waals surface area contributed by atoms with Gasteiger partial charge in [0.15, 0.2) is 0 Å². The van der Waals surface area contributed by atoms with Gasteiger partial charge in [-0.15, -0.1) is 0 Å². The van der Waals surface area contributed by atoms with Gasteiger partial charge in [0, 0.05) is 17.3 Å². The molecule has 0 bridgehead atoms. The first kappa shape index (κ1) is 8.01. The number of benzene rings is 1. The lowest BCUT2D eigenvalue weighted by atomic mass is 10.2. The van der Waals surface area contributed by atoms with E-state index in [-0.39, 0.29) is 5.56 Å². The summed E-state index contributed by atoms with van der Waals surface area (Å²) in [6, 6.07) is 5.28. The zero-order valence-corrected chi connectivity index (χ0v) is 6.23. The van der Waals surface area contributed by atoms with Gasteiger partial charge in [-0.3, -0.25) is 9.63 Å². The van der Waals surface area contributed by atoms with E-state index in [2.05, 4.69) is 0 Å². The lowest BCUT2D eigenvalue weighted by Crippen LogP contribution is -2.12. The summed E-state index contributed by atoms with van der Waals surface area (Å²) in [5.41, 5.74) is 0.208. The average Bonchev–Trinajstić information content (AvgIpc) is 2.03. The van der Waals surface area contributed by atoms with Gasteiger partial charge in [0.25, 0.3) is 5.91 Å². The molecule has 1 aromatic rings. The van der Waals surface area contributed by atoms with E-state index in [9.17, 15) is 9.18 Å². The van der Waals surface area contributed by atoms with Crippen molar-refractivity contribution in [2.75, 3.05) is 0 Å². The molecule has 0 aliphatic rings. The number of nitrogens with one attached hydrogen (secondary N) is 1. The highest BCUT2D eigenvalue weighted by molar-refractivity contribution is 6.24. The normalized spacial score (nSPS) is 9.27. The summed E-state index contributed by atoms with van der Waals surface area (Å²) in [7, 11) is 0. The molecule has 4 heteroatoms. The van der Waals surface area contributed by atoms with E-state index >= 15 is 0 Å². The Bertz CT molecular complexity index is 277. The van der Waals surface area contributed by atoms with Crippen molar-refractivity contribution in [3.8, 4) is 0 Å². The molecular weight excluding hydrogens is 169 g/mol. The lowest BCUT2D eigenvalue weighted by molar-refractivity contribution is 0.0981. The van der Waals surface area contributed by atoms with Gasteiger partial charge in [-0.25, -0.2) is 4.39 Å². The highest BCUT2D eigenvalue weighted by atomic mass is 35.5. The van der Waals surface area contributed by atoms with Gasteiger partial charge in [0.1, 0.15) is 5.82 Å². The van der Waals surface area contributed by atoms with Crippen molar-refractivity contribution in [1.29, 1.82) is 0 Å². The van der Waals surface area contributed by atoms with E-state index in [1.807, 2.05) is 4.84 Å². The third-order valence-corrected chi connectivity index (χ3v) is 1.34. The molecule has 0 atom stereocenters. The first-order valence-electron chi connectivity index (χ1n) is 2.90. The summed E-state index contributed by atoms with van der Waals surface area (Å²) in [6.07, 6.45) is 0. The van der Waals surface area contributed by atoms with Crippen molar-refractivity contribution in [2.24, 2.45) is 0 Å². The monoisotopic (exact) mass is 173 g/mol. The standard InChI is InChI=1S/C7H5ClFNO/c8-10-7(11)5-2-1-3-6(9)4-5/h1-4H,(H,10,11). The van der Waals surface area contributed by atoms with Gasteiger partial charge >= 0.3 is 0 Å². The second kappa shape index (κ2) is 3.34. The molecule has 11 heavy (non-hydrogen) atoms. The number of carbonyl (C=O) groups excluding carboxylic acids is 1. The van der Waals surface area contributed by atoms with Crippen LogP contribution in [0.5, 0.6) is 0 Å². The van der Waals surface area contributed by atoms with Gasteiger partial charge in [-0.1, -0.05) is 6.07 Å². The molecule has 0 radical (unpaired) electrons. The van der Waals surface area contributed by atoms with Gasteiger partial charge in [0.05, 0.1) is 0 Å². The predicted octanol–water partition coefficient (Wildman–Crippen LogP) is 1.71. The minimum Gasteiger partial charge on any atom is -0.268 e. The lowest BCUT2D eigenvalue weighted by Gasteiger charge is -1.95. The number of amides is 1. The Morgan fingerprint density at radius 2 is 2.27 bits per heavy atom. The summed E-state index contributed by atoms with van der Waals surface area (Å²) in [5, 5.41) is 0. The third kappa shape index (κ3) is 1.91. The van der Waals surface area contributed by atoms with Crippen molar-refractivity contribution in [3.05, 3.63) is 35.6 Å². The summed E-state index contributed by atoms with van der Waals surface area (Å²) in [5.74, 6) is -0.964. The molecule has 0 aromatic heterocycles. The molecular formula is C7H5ClFNO. The number of hydrogen-bond acceptors (Lipinski definition) is 1. The summed E-state index contributed by atoms with van der Waals surface area (Å²) in [4.78, 5) is 12.6. The maximum Gasteiger partial charge on any atom is 0.265 e. The molecule has 0 fully saturated rings. The quantitative estimate of drug-likeness (QED) is 0.644. The maximum absolute atomic E-state index is 12.4. The van der Waals surface area contributed by atoms with E-state index in [1.165, 1.54) is 18.2 Å². The third-order valence-electron chi connectivity index (χ3n) is 1.17. The Morgan fingerprint density at radius 1 is 1.55 bits per heavy atom. The molecule has 0 spiro atoms. The zero-order chi connectivity index (χ0) is 8.27. The van der Waals surface area contributed by atoms with Crippen LogP contribution in [0.3, 0.4) is 0 Å². The first-order chi connectivity index (χ1) is 5.24. The van der Waals surface area contributed by atoms with Crippen LogP contribution < -0.4 is 4.84 Å². The van der Waals surface area contributed by atoms with Crippen LogP contribution in [0.2, 0.25) is 0 Å². The fourth-order valence-electron chi connectivity index (χ4n) is 0.684. The molecule has 1 amide bonds. The summed E-state index contributed by atoms with van der Waals surface area (Å²) >= 11 is 5.02. The Labute approximate surface area is 68.1 Å². The van der Waals surface area contributed by atoms with Crippen LogP contribution in [0.25, 0.3) is 0 Å². The van der Waals surface area contributed by atoms with Crippen LogP contribution in [-0.2, 0) is 0 Å². The Balaban J connectivity index is 2.96. The van der Waals surface area contributed by atoms with Crippen molar-refractivity contribution >= 4 is 17.7 Å². The van der Waals surface area contributed by atoms with E-state index in [1.54, 1.807) is 0 Å². The van der Waals surface area contributed by atoms with E-state index in [0.29, 0.717) is 0 Å². The summed E-state index contributed by atoms with van der Waals surface area (Å²) < 4.78 is 12.4. The number of carbonyl (C=O) groups is 1. The van der Waals surface area contributed by atoms with Crippen molar-refractivity contribution in [2.45, 2.75) is 0 Å². The molecule has 1 aromatic carbocycles. The largest absolute Gasteiger partial charge is 0.268 e. The molecule has 1 N–H and O–H groups in total. The highest BCUT2D eigenvalue weighted by Gasteiger charge is 2.02. The van der Waals surface area contributed by atoms with Crippen LogP contribution in [0, 0.1) is 5.82 Å². The summed E-state index contributed by atoms with van der Waals surface area (Å²) in [6.45, 7) is 0.